The zero-order valence-electron chi connectivity index (χ0n) is 8.97. The summed E-state index contributed by atoms with van der Waals surface area (Å²) in [4.78, 5) is 0. The molecule has 1 aromatic heterocycles. The molecule has 0 unspecified atom stereocenters. The molecular weight excluding hydrogens is 216 g/mol. The summed E-state index contributed by atoms with van der Waals surface area (Å²) in [6.07, 6.45) is 2.97. The molecule has 0 aliphatic rings. The van der Waals surface area contributed by atoms with Gasteiger partial charge in [0, 0.05) is 19.0 Å². The van der Waals surface area contributed by atoms with Gasteiger partial charge in [-0.2, -0.15) is 0 Å². The first kappa shape index (κ1) is 12.1. The molecule has 0 atom stereocenters. The average molecular weight is 232 g/mol. The quantitative estimate of drug-likeness (QED) is 0.711. The zero-order valence-corrected chi connectivity index (χ0v) is 9.79. The van der Waals surface area contributed by atoms with Crippen molar-refractivity contribution in [3.63, 3.8) is 0 Å². The molecule has 0 saturated heterocycles. The lowest BCUT2D eigenvalue weighted by molar-refractivity contribution is 0.579. The summed E-state index contributed by atoms with van der Waals surface area (Å²) < 4.78 is 23.4. The van der Waals surface area contributed by atoms with Gasteiger partial charge in [-0.25, -0.2) is 8.42 Å². The second-order valence-electron chi connectivity index (χ2n) is 3.38. The summed E-state index contributed by atoms with van der Waals surface area (Å²) in [5.74, 6) is 0.0943. The van der Waals surface area contributed by atoms with Gasteiger partial charge in [0.1, 0.15) is 9.84 Å². The zero-order chi connectivity index (χ0) is 11.3. The second-order valence-corrected chi connectivity index (χ2v) is 5.64. The number of hydrogen-bond acceptors (Lipinski definition) is 5. The van der Waals surface area contributed by atoms with Crippen molar-refractivity contribution in [1.82, 2.24) is 20.3 Å². The third kappa shape index (κ3) is 4.89. The van der Waals surface area contributed by atoms with Gasteiger partial charge in [-0.05, 0) is 6.54 Å². The smallest absolute Gasteiger partial charge is 0.149 e. The first-order valence-electron chi connectivity index (χ1n) is 4.78. The molecule has 1 rings (SSSR count). The first-order valence-corrected chi connectivity index (χ1v) is 6.85. The van der Waals surface area contributed by atoms with Crippen LogP contribution in [0, 0.1) is 0 Å². The Hall–Kier alpha value is -0.950. The summed E-state index contributed by atoms with van der Waals surface area (Å²) in [5.41, 5.74) is 0.824. The molecule has 0 fully saturated rings. The molecule has 7 heteroatoms. The van der Waals surface area contributed by atoms with E-state index in [1.165, 1.54) is 6.26 Å². The van der Waals surface area contributed by atoms with E-state index >= 15 is 0 Å². The minimum absolute atomic E-state index is 0.0943. The summed E-state index contributed by atoms with van der Waals surface area (Å²) in [7, 11) is -2.93. The van der Waals surface area contributed by atoms with E-state index in [0.29, 0.717) is 13.1 Å². The lowest BCUT2D eigenvalue weighted by Crippen LogP contribution is -2.12. The Balaban J connectivity index is 2.46. The van der Waals surface area contributed by atoms with Gasteiger partial charge in [0.2, 0.25) is 0 Å². The predicted molar refractivity (Wildman–Crippen MR) is 57.1 cm³/mol. The van der Waals surface area contributed by atoms with Crippen LogP contribution in [0.25, 0.3) is 0 Å². The number of aryl methyl sites for hydroxylation is 1. The van der Waals surface area contributed by atoms with Gasteiger partial charge in [-0.1, -0.05) is 12.1 Å². The highest BCUT2D eigenvalue weighted by atomic mass is 32.2. The monoisotopic (exact) mass is 232 g/mol. The van der Waals surface area contributed by atoms with E-state index in [0.717, 1.165) is 12.2 Å². The first-order chi connectivity index (χ1) is 7.01. The maximum atomic E-state index is 10.9. The molecule has 1 aromatic rings. The van der Waals surface area contributed by atoms with Gasteiger partial charge in [0.25, 0.3) is 0 Å². The van der Waals surface area contributed by atoms with Crippen LogP contribution in [0.15, 0.2) is 6.20 Å². The van der Waals surface area contributed by atoms with Crippen LogP contribution in [0.2, 0.25) is 0 Å². The van der Waals surface area contributed by atoms with Crippen LogP contribution >= 0.6 is 0 Å². The second kappa shape index (κ2) is 5.22. The van der Waals surface area contributed by atoms with E-state index in [2.05, 4.69) is 15.6 Å². The summed E-state index contributed by atoms with van der Waals surface area (Å²) in [6.45, 7) is 3.90. The molecule has 0 radical (unpaired) electrons. The maximum Gasteiger partial charge on any atom is 0.149 e. The Kier molecular flexibility index (Phi) is 4.22. The van der Waals surface area contributed by atoms with Crippen molar-refractivity contribution in [2.45, 2.75) is 20.0 Å². The molecule has 0 bridgehead atoms. The highest BCUT2D eigenvalue weighted by Crippen LogP contribution is 1.94. The number of nitrogens with one attached hydrogen (secondary N) is 1. The number of nitrogens with zero attached hydrogens (tertiary/aromatic N) is 3. The molecule has 6 nitrogen and oxygen atoms in total. The molecule has 0 aliphatic carbocycles. The standard InChI is InChI=1S/C8H16N4O2S/c1-3-9-6-8-7-12(11-10-8)4-5-15(2,13)14/h7,9H,3-6H2,1-2H3. The largest absolute Gasteiger partial charge is 0.311 e. The predicted octanol–water partition coefficient (Wildman–Crippen LogP) is -0.568. The maximum absolute atomic E-state index is 10.9. The molecule has 1 N–H and O–H groups in total. The van der Waals surface area contributed by atoms with Crippen molar-refractivity contribution in [2.24, 2.45) is 0 Å². The highest BCUT2D eigenvalue weighted by Gasteiger charge is 2.04. The van der Waals surface area contributed by atoms with Gasteiger partial charge in [0.05, 0.1) is 18.0 Å². The number of sulfone groups is 1. The number of hydrogen-bond donors (Lipinski definition) is 1. The Morgan fingerprint density at radius 2 is 2.27 bits per heavy atom. The van der Waals surface area contributed by atoms with Crippen LogP contribution in [0.4, 0.5) is 0 Å². The molecule has 0 saturated carbocycles. The Morgan fingerprint density at radius 3 is 2.87 bits per heavy atom. The summed E-state index contributed by atoms with van der Waals surface area (Å²) in [6, 6.07) is 0. The van der Waals surface area contributed by atoms with Crippen molar-refractivity contribution >= 4 is 9.84 Å². The molecule has 86 valence electrons. The topological polar surface area (TPSA) is 76.9 Å². The van der Waals surface area contributed by atoms with E-state index in [1.807, 2.05) is 6.92 Å². The molecule has 1 heterocycles. The van der Waals surface area contributed by atoms with Crippen LogP contribution < -0.4 is 5.32 Å². The third-order valence-corrected chi connectivity index (χ3v) is 2.76. The van der Waals surface area contributed by atoms with Crippen molar-refractivity contribution < 1.29 is 8.42 Å². The highest BCUT2D eigenvalue weighted by molar-refractivity contribution is 7.90. The van der Waals surface area contributed by atoms with Gasteiger partial charge >= 0.3 is 0 Å². The lowest BCUT2D eigenvalue weighted by atomic mass is 10.4. The Labute approximate surface area is 89.6 Å². The average Bonchev–Trinajstić information content (AvgIpc) is 2.58. The van der Waals surface area contributed by atoms with Crippen LogP contribution in [-0.4, -0.2) is 42.0 Å². The van der Waals surface area contributed by atoms with E-state index in [1.54, 1.807) is 10.9 Å². The number of rotatable bonds is 6. The van der Waals surface area contributed by atoms with Gasteiger partial charge in [-0.3, -0.25) is 4.68 Å². The van der Waals surface area contributed by atoms with E-state index in [-0.39, 0.29) is 5.75 Å². The molecule has 0 aliphatic heterocycles. The van der Waals surface area contributed by atoms with Crippen LogP contribution in [-0.2, 0) is 22.9 Å². The van der Waals surface area contributed by atoms with Gasteiger partial charge in [-0.15, -0.1) is 5.10 Å². The van der Waals surface area contributed by atoms with Crippen LogP contribution in [0.1, 0.15) is 12.6 Å². The Morgan fingerprint density at radius 1 is 1.53 bits per heavy atom. The SMILES string of the molecule is CCNCc1cn(CCS(C)(=O)=O)nn1. The molecular formula is C8H16N4O2S. The fraction of sp³-hybridized carbons (Fsp3) is 0.750. The fourth-order valence-electron chi connectivity index (χ4n) is 1.04. The van der Waals surface area contributed by atoms with Crippen molar-refractivity contribution in [1.29, 1.82) is 0 Å². The van der Waals surface area contributed by atoms with Crippen molar-refractivity contribution in [2.75, 3.05) is 18.6 Å². The van der Waals surface area contributed by atoms with Gasteiger partial charge < -0.3 is 5.32 Å². The van der Waals surface area contributed by atoms with Crippen LogP contribution in [0.5, 0.6) is 0 Å². The normalized spacial score (nSPS) is 11.9. The van der Waals surface area contributed by atoms with Crippen molar-refractivity contribution in [3.05, 3.63) is 11.9 Å². The molecule has 15 heavy (non-hydrogen) atoms. The third-order valence-electron chi connectivity index (χ3n) is 1.83. The molecule has 0 spiro atoms. The fourth-order valence-corrected chi connectivity index (χ4v) is 1.56. The summed E-state index contributed by atoms with van der Waals surface area (Å²) >= 11 is 0. The molecule has 0 amide bonds. The van der Waals surface area contributed by atoms with Crippen LogP contribution in [0.3, 0.4) is 0 Å². The van der Waals surface area contributed by atoms with E-state index < -0.39 is 9.84 Å². The number of aromatic nitrogens is 3. The minimum atomic E-state index is -2.93. The minimum Gasteiger partial charge on any atom is -0.311 e. The molecule has 0 aromatic carbocycles. The van der Waals surface area contributed by atoms with E-state index in [9.17, 15) is 8.42 Å². The van der Waals surface area contributed by atoms with Crippen molar-refractivity contribution in [3.8, 4) is 0 Å². The summed E-state index contributed by atoms with van der Waals surface area (Å²) in [5, 5.41) is 10.9. The van der Waals surface area contributed by atoms with Gasteiger partial charge in [0.15, 0.2) is 0 Å². The van der Waals surface area contributed by atoms with E-state index in [4.69, 9.17) is 0 Å². The Bertz CT molecular complexity index is 399. The lowest BCUT2D eigenvalue weighted by Gasteiger charge is -1.97.